The van der Waals surface area contributed by atoms with E-state index in [-0.39, 0.29) is 12.3 Å². The number of rotatable bonds is 6. The summed E-state index contributed by atoms with van der Waals surface area (Å²) in [4.78, 5) is 2.34. The van der Waals surface area contributed by atoms with Crippen molar-refractivity contribution in [3.63, 3.8) is 0 Å². The molecule has 1 N–H and O–H groups in total. The van der Waals surface area contributed by atoms with Crippen molar-refractivity contribution >= 4 is 0 Å². The standard InChI is InChI=1S/C20H24N2O/c1-2-19(22-15-13-21-14-16-22)23-20(17-9-5-3-6-10-17)18-11-7-4-8-12-18/h2-12,19-21H,1,13-16H2. The maximum atomic E-state index is 6.49. The number of nitrogens with zero attached hydrogens (tertiary/aromatic N) is 1. The Labute approximate surface area is 138 Å². The zero-order valence-corrected chi connectivity index (χ0v) is 13.4. The third-order valence-corrected chi connectivity index (χ3v) is 4.19. The molecule has 0 saturated carbocycles. The van der Waals surface area contributed by atoms with Crippen molar-refractivity contribution in [1.82, 2.24) is 10.2 Å². The van der Waals surface area contributed by atoms with Crippen molar-refractivity contribution in [2.75, 3.05) is 26.2 Å². The Morgan fingerprint density at radius 2 is 1.43 bits per heavy atom. The summed E-state index contributed by atoms with van der Waals surface area (Å²) < 4.78 is 6.49. The summed E-state index contributed by atoms with van der Waals surface area (Å²) in [5, 5.41) is 3.38. The molecule has 3 nitrogen and oxygen atoms in total. The van der Waals surface area contributed by atoms with Crippen molar-refractivity contribution < 1.29 is 4.74 Å². The van der Waals surface area contributed by atoms with Gasteiger partial charge in [-0.05, 0) is 17.2 Å². The van der Waals surface area contributed by atoms with Crippen LogP contribution in [-0.4, -0.2) is 37.3 Å². The van der Waals surface area contributed by atoms with Crippen molar-refractivity contribution in [3.8, 4) is 0 Å². The Balaban J connectivity index is 1.84. The van der Waals surface area contributed by atoms with E-state index in [0.29, 0.717) is 0 Å². The third kappa shape index (κ3) is 4.08. The second-order valence-electron chi connectivity index (χ2n) is 5.75. The molecule has 0 bridgehead atoms. The van der Waals surface area contributed by atoms with E-state index in [1.165, 1.54) is 11.1 Å². The van der Waals surface area contributed by atoms with Crippen LogP contribution in [0.5, 0.6) is 0 Å². The molecule has 0 aliphatic carbocycles. The van der Waals surface area contributed by atoms with Crippen LogP contribution >= 0.6 is 0 Å². The molecule has 3 heteroatoms. The lowest BCUT2D eigenvalue weighted by molar-refractivity contribution is -0.0627. The quantitative estimate of drug-likeness (QED) is 0.829. The van der Waals surface area contributed by atoms with Gasteiger partial charge >= 0.3 is 0 Å². The van der Waals surface area contributed by atoms with Crippen LogP contribution in [0.1, 0.15) is 17.2 Å². The molecular weight excluding hydrogens is 284 g/mol. The van der Waals surface area contributed by atoms with Crippen molar-refractivity contribution in [3.05, 3.63) is 84.4 Å². The van der Waals surface area contributed by atoms with E-state index in [1.807, 2.05) is 18.2 Å². The zero-order chi connectivity index (χ0) is 15.9. The Bertz CT molecular complexity index is 554. The first kappa shape index (κ1) is 15.9. The van der Waals surface area contributed by atoms with Gasteiger partial charge in [0.1, 0.15) is 12.3 Å². The molecule has 1 unspecified atom stereocenters. The van der Waals surface area contributed by atoms with Gasteiger partial charge in [-0.2, -0.15) is 0 Å². The van der Waals surface area contributed by atoms with E-state index in [0.717, 1.165) is 26.2 Å². The molecular formula is C20H24N2O. The molecule has 1 aliphatic heterocycles. The molecule has 2 aromatic rings. The summed E-state index contributed by atoms with van der Waals surface area (Å²) in [6.45, 7) is 7.94. The number of ether oxygens (including phenoxy) is 1. The Morgan fingerprint density at radius 1 is 0.913 bits per heavy atom. The molecule has 1 saturated heterocycles. The van der Waals surface area contributed by atoms with Crippen LogP contribution < -0.4 is 5.32 Å². The molecule has 1 fully saturated rings. The van der Waals surface area contributed by atoms with E-state index >= 15 is 0 Å². The van der Waals surface area contributed by atoms with Crippen molar-refractivity contribution in [2.24, 2.45) is 0 Å². The van der Waals surface area contributed by atoms with Crippen LogP contribution in [0.2, 0.25) is 0 Å². The summed E-state index contributed by atoms with van der Waals surface area (Å²) in [7, 11) is 0. The summed E-state index contributed by atoms with van der Waals surface area (Å²) >= 11 is 0. The molecule has 1 heterocycles. The highest BCUT2D eigenvalue weighted by Crippen LogP contribution is 2.28. The van der Waals surface area contributed by atoms with E-state index in [4.69, 9.17) is 4.74 Å². The van der Waals surface area contributed by atoms with Crippen LogP contribution in [0.3, 0.4) is 0 Å². The average molecular weight is 308 g/mol. The lowest BCUT2D eigenvalue weighted by Gasteiger charge is -2.35. The van der Waals surface area contributed by atoms with Crippen LogP contribution in [-0.2, 0) is 4.74 Å². The second-order valence-corrected chi connectivity index (χ2v) is 5.75. The highest BCUT2D eigenvalue weighted by Gasteiger charge is 2.24. The first-order chi connectivity index (χ1) is 11.4. The molecule has 2 aromatic carbocycles. The molecule has 0 aromatic heterocycles. The topological polar surface area (TPSA) is 24.5 Å². The number of benzene rings is 2. The monoisotopic (exact) mass is 308 g/mol. The molecule has 1 aliphatic rings. The fourth-order valence-corrected chi connectivity index (χ4v) is 2.97. The Kier molecular flexibility index (Phi) is 5.59. The van der Waals surface area contributed by atoms with Gasteiger partial charge in [0.15, 0.2) is 0 Å². The van der Waals surface area contributed by atoms with Crippen molar-refractivity contribution in [1.29, 1.82) is 0 Å². The lowest BCUT2D eigenvalue weighted by Crippen LogP contribution is -2.49. The van der Waals surface area contributed by atoms with Crippen LogP contribution in [0, 0.1) is 0 Å². The normalized spacial score (nSPS) is 17.1. The SMILES string of the molecule is C=CC(OC(c1ccccc1)c1ccccc1)N1CCNCC1. The number of piperazine rings is 1. The first-order valence-electron chi connectivity index (χ1n) is 8.21. The van der Waals surface area contributed by atoms with E-state index in [1.54, 1.807) is 0 Å². The minimum atomic E-state index is -0.0877. The van der Waals surface area contributed by atoms with Crippen LogP contribution in [0.4, 0.5) is 0 Å². The minimum absolute atomic E-state index is 0.0810. The fourth-order valence-electron chi connectivity index (χ4n) is 2.97. The molecule has 120 valence electrons. The summed E-state index contributed by atoms with van der Waals surface area (Å²) in [6, 6.07) is 20.8. The smallest absolute Gasteiger partial charge is 0.130 e. The maximum Gasteiger partial charge on any atom is 0.130 e. The van der Waals surface area contributed by atoms with Crippen molar-refractivity contribution in [2.45, 2.75) is 12.3 Å². The molecule has 0 radical (unpaired) electrons. The molecule has 0 spiro atoms. The molecule has 3 rings (SSSR count). The molecule has 1 atom stereocenters. The summed E-state index contributed by atoms with van der Waals surface area (Å²) in [6.07, 6.45) is 1.74. The fraction of sp³-hybridized carbons (Fsp3) is 0.300. The molecule has 0 amide bonds. The van der Waals surface area contributed by atoms with Gasteiger partial charge in [0, 0.05) is 26.2 Å². The van der Waals surface area contributed by atoms with Gasteiger partial charge in [0.25, 0.3) is 0 Å². The van der Waals surface area contributed by atoms with E-state index in [2.05, 4.69) is 65.3 Å². The van der Waals surface area contributed by atoms with Crippen LogP contribution in [0.15, 0.2) is 73.3 Å². The van der Waals surface area contributed by atoms with Gasteiger partial charge in [-0.1, -0.05) is 67.2 Å². The molecule has 23 heavy (non-hydrogen) atoms. The highest BCUT2D eigenvalue weighted by atomic mass is 16.5. The average Bonchev–Trinajstić information content (AvgIpc) is 2.65. The Hall–Kier alpha value is -1.94. The second kappa shape index (κ2) is 8.06. The highest BCUT2D eigenvalue weighted by molar-refractivity contribution is 5.30. The number of hydrogen-bond acceptors (Lipinski definition) is 3. The van der Waals surface area contributed by atoms with Gasteiger partial charge < -0.3 is 10.1 Å². The van der Waals surface area contributed by atoms with Gasteiger partial charge in [-0.15, -0.1) is 0 Å². The Morgan fingerprint density at radius 3 is 1.91 bits per heavy atom. The largest absolute Gasteiger partial charge is 0.347 e. The summed E-state index contributed by atoms with van der Waals surface area (Å²) in [5.41, 5.74) is 2.33. The lowest BCUT2D eigenvalue weighted by atomic mass is 10.0. The summed E-state index contributed by atoms with van der Waals surface area (Å²) in [5.74, 6) is 0. The van der Waals surface area contributed by atoms with Gasteiger partial charge in [-0.3, -0.25) is 4.90 Å². The maximum absolute atomic E-state index is 6.49. The zero-order valence-electron chi connectivity index (χ0n) is 13.4. The first-order valence-corrected chi connectivity index (χ1v) is 8.21. The van der Waals surface area contributed by atoms with Crippen LogP contribution in [0.25, 0.3) is 0 Å². The van der Waals surface area contributed by atoms with Gasteiger partial charge in [0.05, 0.1) is 0 Å². The van der Waals surface area contributed by atoms with Gasteiger partial charge in [-0.25, -0.2) is 0 Å². The predicted octanol–water partition coefficient (Wildman–Crippen LogP) is 3.21. The van der Waals surface area contributed by atoms with E-state index in [9.17, 15) is 0 Å². The van der Waals surface area contributed by atoms with E-state index < -0.39 is 0 Å². The predicted molar refractivity (Wildman–Crippen MR) is 94.2 cm³/mol. The number of hydrogen-bond donors (Lipinski definition) is 1. The van der Waals surface area contributed by atoms with Gasteiger partial charge in [0.2, 0.25) is 0 Å². The number of nitrogens with one attached hydrogen (secondary N) is 1. The minimum Gasteiger partial charge on any atom is -0.347 e. The third-order valence-electron chi connectivity index (χ3n) is 4.19.